The Labute approximate surface area is 97.6 Å². The molecule has 5 heteroatoms. The average molecular weight is 243 g/mol. The maximum atomic E-state index is 12.6. The minimum absolute atomic E-state index is 0.0721. The summed E-state index contributed by atoms with van der Waals surface area (Å²) in [6, 6.07) is 6.91. The number of alkyl halides is 3. The van der Waals surface area contributed by atoms with Gasteiger partial charge in [-0.1, -0.05) is 19.1 Å². The minimum Gasteiger partial charge on any atom is -0.489 e. The summed E-state index contributed by atoms with van der Waals surface area (Å²) in [4.78, 5) is 0. The molecule has 0 N–H and O–H groups in total. The number of hydrogen-bond acceptors (Lipinski definition) is 2. The monoisotopic (exact) mass is 243 g/mol. The Morgan fingerprint density at radius 3 is 2.53 bits per heavy atom. The van der Waals surface area contributed by atoms with E-state index in [4.69, 9.17) is 10.00 Å². The van der Waals surface area contributed by atoms with Crippen LogP contribution in [0.4, 0.5) is 13.2 Å². The lowest BCUT2D eigenvalue weighted by atomic mass is 10.1. The minimum atomic E-state index is -4.44. The van der Waals surface area contributed by atoms with Gasteiger partial charge in [-0.25, -0.2) is 0 Å². The van der Waals surface area contributed by atoms with Crippen molar-refractivity contribution in [2.75, 3.05) is 0 Å². The fourth-order valence-electron chi connectivity index (χ4n) is 1.35. The molecule has 0 aromatic heterocycles. The molecule has 0 radical (unpaired) electrons. The predicted molar refractivity (Wildman–Crippen MR) is 56.4 cm³/mol. The first-order valence-electron chi connectivity index (χ1n) is 5.18. The molecule has 0 heterocycles. The summed E-state index contributed by atoms with van der Waals surface area (Å²) in [5.41, 5.74) is -0.809. The van der Waals surface area contributed by atoms with Gasteiger partial charge in [0, 0.05) is 0 Å². The molecule has 1 aromatic rings. The van der Waals surface area contributed by atoms with Gasteiger partial charge in [-0.3, -0.25) is 0 Å². The van der Waals surface area contributed by atoms with Gasteiger partial charge < -0.3 is 4.74 Å². The lowest BCUT2D eigenvalue weighted by molar-refractivity contribution is -0.139. The molecule has 0 aliphatic carbocycles. The zero-order chi connectivity index (χ0) is 12.9. The molecule has 1 aromatic carbocycles. The molecule has 0 aliphatic rings. The van der Waals surface area contributed by atoms with E-state index in [2.05, 4.69) is 0 Å². The molecule has 0 spiro atoms. The second kappa shape index (κ2) is 5.58. The van der Waals surface area contributed by atoms with E-state index in [1.807, 2.05) is 6.07 Å². The summed E-state index contributed by atoms with van der Waals surface area (Å²) in [5.74, 6) is -0.220. The quantitative estimate of drug-likeness (QED) is 0.806. The first-order chi connectivity index (χ1) is 7.99. The maximum absolute atomic E-state index is 12.6. The summed E-state index contributed by atoms with van der Waals surface area (Å²) < 4.78 is 43.1. The van der Waals surface area contributed by atoms with Crippen LogP contribution in [0.2, 0.25) is 0 Å². The van der Waals surface area contributed by atoms with E-state index < -0.39 is 17.8 Å². The highest BCUT2D eigenvalue weighted by Crippen LogP contribution is 2.36. The molecule has 1 atom stereocenters. The van der Waals surface area contributed by atoms with Crippen molar-refractivity contribution in [2.45, 2.75) is 32.0 Å². The third-order valence-electron chi connectivity index (χ3n) is 2.26. The number of benzene rings is 1. The third-order valence-corrected chi connectivity index (χ3v) is 2.26. The van der Waals surface area contributed by atoms with Gasteiger partial charge in [-0.2, -0.15) is 18.4 Å². The summed E-state index contributed by atoms with van der Waals surface area (Å²) in [6.45, 7) is 1.76. The second-order valence-electron chi connectivity index (χ2n) is 3.50. The number of para-hydroxylation sites is 1. The van der Waals surface area contributed by atoms with Crippen LogP contribution in [0.15, 0.2) is 24.3 Å². The third kappa shape index (κ3) is 3.66. The lowest BCUT2D eigenvalue weighted by Crippen LogP contribution is -2.17. The Bertz CT molecular complexity index is 409. The summed E-state index contributed by atoms with van der Waals surface area (Å²) in [7, 11) is 0. The average Bonchev–Trinajstić information content (AvgIpc) is 2.27. The van der Waals surface area contributed by atoms with E-state index in [-0.39, 0.29) is 12.2 Å². The smallest absolute Gasteiger partial charge is 0.419 e. The van der Waals surface area contributed by atoms with Crippen LogP contribution < -0.4 is 4.74 Å². The SMILES string of the molecule is CCC(CC#N)Oc1ccccc1C(F)(F)F. The van der Waals surface area contributed by atoms with Crippen LogP contribution in [0.1, 0.15) is 25.3 Å². The number of rotatable bonds is 4. The molecule has 0 bridgehead atoms. The van der Waals surface area contributed by atoms with Gasteiger partial charge in [0.05, 0.1) is 18.1 Å². The Morgan fingerprint density at radius 2 is 2.00 bits per heavy atom. The first-order valence-corrected chi connectivity index (χ1v) is 5.18. The van der Waals surface area contributed by atoms with E-state index in [0.29, 0.717) is 6.42 Å². The fraction of sp³-hybridized carbons (Fsp3) is 0.417. The molecule has 92 valence electrons. The predicted octanol–water partition coefficient (Wildman–Crippen LogP) is 3.78. The molecule has 1 unspecified atom stereocenters. The molecule has 17 heavy (non-hydrogen) atoms. The standard InChI is InChI=1S/C12H12F3NO/c1-2-9(7-8-16)17-11-6-4-3-5-10(11)12(13,14)15/h3-6,9H,2,7H2,1H3. The van der Waals surface area contributed by atoms with E-state index in [1.165, 1.54) is 18.2 Å². The normalized spacial score (nSPS) is 12.9. The van der Waals surface area contributed by atoms with Gasteiger partial charge in [-0.15, -0.1) is 0 Å². The van der Waals surface area contributed by atoms with Crippen molar-refractivity contribution in [3.8, 4) is 11.8 Å². The topological polar surface area (TPSA) is 33.0 Å². The lowest BCUT2D eigenvalue weighted by Gasteiger charge is -2.18. The molecule has 0 saturated heterocycles. The molecule has 1 rings (SSSR count). The number of nitrogens with zero attached hydrogens (tertiary/aromatic N) is 1. The van der Waals surface area contributed by atoms with Crippen molar-refractivity contribution < 1.29 is 17.9 Å². The van der Waals surface area contributed by atoms with E-state index in [0.717, 1.165) is 6.07 Å². The van der Waals surface area contributed by atoms with Crippen LogP contribution in [-0.4, -0.2) is 6.10 Å². The second-order valence-corrected chi connectivity index (χ2v) is 3.50. The van der Waals surface area contributed by atoms with Crippen LogP contribution in [0, 0.1) is 11.3 Å². The van der Waals surface area contributed by atoms with E-state index in [1.54, 1.807) is 6.92 Å². The molecule has 0 saturated carbocycles. The molecule has 2 nitrogen and oxygen atoms in total. The molecular weight excluding hydrogens is 231 g/mol. The number of hydrogen-bond donors (Lipinski definition) is 0. The summed E-state index contributed by atoms with van der Waals surface area (Å²) in [5, 5.41) is 8.52. The van der Waals surface area contributed by atoms with Gasteiger partial charge >= 0.3 is 6.18 Å². The largest absolute Gasteiger partial charge is 0.489 e. The number of nitriles is 1. The summed E-state index contributed by atoms with van der Waals surface area (Å²) >= 11 is 0. The Kier molecular flexibility index (Phi) is 4.38. The van der Waals surface area contributed by atoms with Crippen molar-refractivity contribution in [1.29, 1.82) is 5.26 Å². The van der Waals surface area contributed by atoms with Crippen LogP contribution in [0.25, 0.3) is 0 Å². The van der Waals surface area contributed by atoms with Crippen LogP contribution in [0.3, 0.4) is 0 Å². The summed E-state index contributed by atoms with van der Waals surface area (Å²) in [6.07, 6.45) is -4.40. The Hall–Kier alpha value is -1.70. The fourth-order valence-corrected chi connectivity index (χ4v) is 1.35. The van der Waals surface area contributed by atoms with Gasteiger partial charge in [-0.05, 0) is 18.6 Å². The van der Waals surface area contributed by atoms with Gasteiger partial charge in [0.2, 0.25) is 0 Å². The first kappa shape index (κ1) is 13.4. The van der Waals surface area contributed by atoms with Crippen molar-refractivity contribution in [2.24, 2.45) is 0 Å². The molecule has 0 amide bonds. The Morgan fingerprint density at radius 1 is 1.35 bits per heavy atom. The van der Waals surface area contributed by atoms with Crippen LogP contribution in [-0.2, 0) is 6.18 Å². The zero-order valence-electron chi connectivity index (χ0n) is 9.29. The molecule has 0 aliphatic heterocycles. The number of ether oxygens (including phenoxy) is 1. The Balaban J connectivity index is 2.95. The van der Waals surface area contributed by atoms with E-state index >= 15 is 0 Å². The highest BCUT2D eigenvalue weighted by Gasteiger charge is 2.34. The number of halogens is 3. The molecular formula is C12H12F3NO. The van der Waals surface area contributed by atoms with Gasteiger partial charge in [0.1, 0.15) is 11.9 Å². The van der Waals surface area contributed by atoms with Crippen LogP contribution in [0.5, 0.6) is 5.75 Å². The van der Waals surface area contributed by atoms with Gasteiger partial charge in [0.15, 0.2) is 0 Å². The van der Waals surface area contributed by atoms with Crippen molar-refractivity contribution in [3.05, 3.63) is 29.8 Å². The highest BCUT2D eigenvalue weighted by atomic mass is 19.4. The maximum Gasteiger partial charge on any atom is 0.419 e. The van der Waals surface area contributed by atoms with Crippen molar-refractivity contribution in [3.63, 3.8) is 0 Å². The van der Waals surface area contributed by atoms with Crippen molar-refractivity contribution >= 4 is 0 Å². The zero-order valence-corrected chi connectivity index (χ0v) is 9.29. The van der Waals surface area contributed by atoms with E-state index in [9.17, 15) is 13.2 Å². The molecule has 0 fully saturated rings. The van der Waals surface area contributed by atoms with Crippen molar-refractivity contribution in [1.82, 2.24) is 0 Å². The highest BCUT2D eigenvalue weighted by molar-refractivity contribution is 5.35. The van der Waals surface area contributed by atoms with Gasteiger partial charge in [0.25, 0.3) is 0 Å². The van der Waals surface area contributed by atoms with Crippen LogP contribution >= 0.6 is 0 Å².